The zero-order chi connectivity index (χ0) is 13.2. The van der Waals surface area contributed by atoms with Gasteiger partial charge in [-0.15, -0.1) is 0 Å². The Balaban J connectivity index is 2.29. The van der Waals surface area contributed by atoms with Crippen LogP contribution in [-0.2, 0) is 4.79 Å². The monoisotopic (exact) mass is 246 g/mol. The highest BCUT2D eigenvalue weighted by Crippen LogP contribution is 2.23. The van der Waals surface area contributed by atoms with Crippen molar-refractivity contribution in [3.05, 3.63) is 24.4 Å². The second kappa shape index (κ2) is 4.78. The normalized spacial score (nSPS) is 11.7. The highest BCUT2D eigenvalue weighted by Gasteiger charge is 2.30. The molecule has 1 heterocycles. The van der Waals surface area contributed by atoms with Gasteiger partial charge in [0, 0.05) is 5.39 Å². The van der Waals surface area contributed by atoms with Crippen LogP contribution in [0, 0.1) is 0 Å². The van der Waals surface area contributed by atoms with Crippen LogP contribution >= 0.6 is 0 Å². The number of aromatic amines is 1. The quantitative estimate of drug-likeness (QED) is 0.771. The summed E-state index contributed by atoms with van der Waals surface area (Å²) in [5.74, 6) is -0.152. The fourth-order valence-corrected chi connectivity index (χ4v) is 1.90. The van der Waals surface area contributed by atoms with E-state index in [9.17, 15) is 4.79 Å². The number of aromatic nitrogens is 2. The second-order valence-corrected chi connectivity index (χ2v) is 4.45. The Morgan fingerprint density at radius 1 is 1.44 bits per heavy atom. The fraction of sp³-hybridized carbons (Fsp3) is 0.385. The molecule has 18 heavy (non-hydrogen) atoms. The van der Waals surface area contributed by atoms with Crippen molar-refractivity contribution in [2.45, 2.75) is 32.2 Å². The Morgan fingerprint density at radius 3 is 2.83 bits per heavy atom. The van der Waals surface area contributed by atoms with Crippen molar-refractivity contribution >= 4 is 22.5 Å². The first-order chi connectivity index (χ1) is 8.60. The zero-order valence-electron chi connectivity index (χ0n) is 10.7. The Kier molecular flexibility index (Phi) is 3.34. The summed E-state index contributed by atoms with van der Waals surface area (Å²) in [4.78, 5) is 12.2. The summed E-state index contributed by atoms with van der Waals surface area (Å²) in [5.41, 5.74) is 6.89. The number of nitrogens with one attached hydrogen (secondary N) is 2. The minimum Gasteiger partial charge on any atom is -0.324 e. The third kappa shape index (κ3) is 2.09. The van der Waals surface area contributed by atoms with E-state index in [1.54, 1.807) is 6.20 Å². The van der Waals surface area contributed by atoms with Gasteiger partial charge in [0.1, 0.15) is 0 Å². The number of hydrogen-bond acceptors (Lipinski definition) is 3. The van der Waals surface area contributed by atoms with Gasteiger partial charge in [-0.3, -0.25) is 9.89 Å². The molecule has 0 aliphatic carbocycles. The molecular formula is C13H18N4O. The summed E-state index contributed by atoms with van der Waals surface area (Å²) in [7, 11) is 0. The van der Waals surface area contributed by atoms with Gasteiger partial charge in [0.2, 0.25) is 5.91 Å². The maximum Gasteiger partial charge on any atom is 0.244 e. The van der Waals surface area contributed by atoms with E-state index >= 15 is 0 Å². The van der Waals surface area contributed by atoms with Crippen LogP contribution in [0.4, 0.5) is 5.69 Å². The first-order valence-electron chi connectivity index (χ1n) is 6.13. The summed E-state index contributed by atoms with van der Waals surface area (Å²) in [6.45, 7) is 3.84. The van der Waals surface area contributed by atoms with E-state index in [1.807, 2.05) is 32.0 Å². The molecule has 96 valence electrons. The Morgan fingerprint density at radius 2 is 2.17 bits per heavy atom. The Hall–Kier alpha value is -1.88. The molecule has 1 aromatic heterocycles. The van der Waals surface area contributed by atoms with Gasteiger partial charge in [-0.1, -0.05) is 19.9 Å². The average molecular weight is 246 g/mol. The van der Waals surface area contributed by atoms with E-state index in [0.717, 1.165) is 16.6 Å². The van der Waals surface area contributed by atoms with Crippen molar-refractivity contribution in [1.82, 2.24) is 10.2 Å². The number of anilines is 1. The highest BCUT2D eigenvalue weighted by atomic mass is 16.2. The molecule has 0 saturated heterocycles. The van der Waals surface area contributed by atoms with E-state index in [-0.39, 0.29) is 5.91 Å². The minimum atomic E-state index is -0.814. The molecule has 5 nitrogen and oxygen atoms in total. The highest BCUT2D eigenvalue weighted by molar-refractivity contribution is 6.04. The van der Waals surface area contributed by atoms with Gasteiger partial charge in [0.25, 0.3) is 0 Å². The molecule has 2 rings (SSSR count). The van der Waals surface area contributed by atoms with E-state index < -0.39 is 5.54 Å². The largest absolute Gasteiger partial charge is 0.324 e. The number of benzene rings is 1. The van der Waals surface area contributed by atoms with Crippen LogP contribution in [0.15, 0.2) is 24.4 Å². The molecule has 0 radical (unpaired) electrons. The first-order valence-corrected chi connectivity index (χ1v) is 6.13. The number of nitrogens with zero attached hydrogens (tertiary/aromatic N) is 1. The lowest BCUT2D eigenvalue weighted by atomic mass is 9.93. The molecule has 0 bridgehead atoms. The van der Waals surface area contributed by atoms with Gasteiger partial charge < -0.3 is 11.1 Å². The molecule has 0 atom stereocenters. The Labute approximate surface area is 106 Å². The number of H-pyrrole nitrogens is 1. The van der Waals surface area contributed by atoms with Crippen molar-refractivity contribution in [2.75, 3.05) is 5.32 Å². The smallest absolute Gasteiger partial charge is 0.244 e. The van der Waals surface area contributed by atoms with Crippen LogP contribution in [0.25, 0.3) is 10.9 Å². The maximum atomic E-state index is 12.2. The van der Waals surface area contributed by atoms with Crippen molar-refractivity contribution in [3.63, 3.8) is 0 Å². The predicted octanol–water partition coefficient (Wildman–Crippen LogP) is 2.02. The van der Waals surface area contributed by atoms with Gasteiger partial charge in [-0.2, -0.15) is 5.10 Å². The molecule has 1 aromatic carbocycles. The van der Waals surface area contributed by atoms with Crippen LogP contribution in [-0.4, -0.2) is 21.6 Å². The van der Waals surface area contributed by atoms with Gasteiger partial charge in [-0.05, 0) is 25.0 Å². The first kappa shape index (κ1) is 12.6. The summed E-state index contributed by atoms with van der Waals surface area (Å²) >= 11 is 0. The van der Waals surface area contributed by atoms with Gasteiger partial charge >= 0.3 is 0 Å². The van der Waals surface area contributed by atoms with Crippen molar-refractivity contribution in [2.24, 2.45) is 5.73 Å². The number of carbonyl (C=O) groups is 1. The van der Waals surface area contributed by atoms with E-state index in [1.165, 1.54) is 0 Å². The van der Waals surface area contributed by atoms with Gasteiger partial charge in [0.15, 0.2) is 0 Å². The molecule has 1 amide bonds. The van der Waals surface area contributed by atoms with Crippen LogP contribution in [0.2, 0.25) is 0 Å². The standard InChI is InChI=1S/C13H18N4O/c1-3-13(14,4-2)12(18)16-10-6-5-7-11-9(10)8-15-17-11/h5-8H,3-4,14H2,1-2H3,(H,15,17)(H,16,18). The third-order valence-electron chi connectivity index (χ3n) is 3.45. The van der Waals surface area contributed by atoms with Crippen LogP contribution < -0.4 is 11.1 Å². The minimum absolute atomic E-state index is 0.152. The second-order valence-electron chi connectivity index (χ2n) is 4.45. The molecular weight excluding hydrogens is 228 g/mol. The molecule has 0 unspecified atom stereocenters. The fourth-order valence-electron chi connectivity index (χ4n) is 1.90. The number of rotatable bonds is 4. The van der Waals surface area contributed by atoms with E-state index in [2.05, 4.69) is 15.5 Å². The van der Waals surface area contributed by atoms with Crippen LogP contribution in [0.5, 0.6) is 0 Å². The number of amides is 1. The number of carbonyl (C=O) groups excluding carboxylic acids is 1. The average Bonchev–Trinajstić information content (AvgIpc) is 2.87. The SMILES string of the molecule is CCC(N)(CC)C(=O)Nc1cccc2[nH]ncc12. The topological polar surface area (TPSA) is 83.8 Å². The van der Waals surface area contributed by atoms with E-state index in [0.29, 0.717) is 12.8 Å². The van der Waals surface area contributed by atoms with Gasteiger partial charge in [0.05, 0.1) is 22.9 Å². The summed E-state index contributed by atoms with van der Waals surface area (Å²) in [6.07, 6.45) is 2.91. The van der Waals surface area contributed by atoms with Gasteiger partial charge in [-0.25, -0.2) is 0 Å². The maximum absolute atomic E-state index is 12.2. The molecule has 0 aliphatic rings. The summed E-state index contributed by atoms with van der Waals surface area (Å²) in [5, 5.41) is 10.6. The molecule has 4 N–H and O–H groups in total. The molecule has 0 fully saturated rings. The molecule has 0 spiro atoms. The summed E-state index contributed by atoms with van der Waals surface area (Å²) in [6, 6.07) is 5.63. The number of fused-ring (bicyclic) bond motifs is 1. The molecule has 0 saturated carbocycles. The predicted molar refractivity (Wildman–Crippen MR) is 72.2 cm³/mol. The van der Waals surface area contributed by atoms with Crippen molar-refractivity contribution in [3.8, 4) is 0 Å². The van der Waals surface area contributed by atoms with Crippen molar-refractivity contribution < 1.29 is 4.79 Å². The van der Waals surface area contributed by atoms with Crippen LogP contribution in [0.3, 0.4) is 0 Å². The zero-order valence-corrected chi connectivity index (χ0v) is 10.7. The molecule has 0 aliphatic heterocycles. The summed E-state index contributed by atoms with van der Waals surface area (Å²) < 4.78 is 0. The Bertz CT molecular complexity index is 557. The van der Waals surface area contributed by atoms with E-state index in [4.69, 9.17) is 5.73 Å². The van der Waals surface area contributed by atoms with Crippen LogP contribution in [0.1, 0.15) is 26.7 Å². The lowest BCUT2D eigenvalue weighted by Crippen LogP contribution is -2.50. The molecule has 2 aromatic rings. The number of hydrogen-bond donors (Lipinski definition) is 3. The lowest BCUT2D eigenvalue weighted by Gasteiger charge is -2.25. The third-order valence-corrected chi connectivity index (χ3v) is 3.45. The molecule has 5 heteroatoms. The number of nitrogens with two attached hydrogens (primary N) is 1. The lowest BCUT2D eigenvalue weighted by molar-refractivity contribution is -0.121. The van der Waals surface area contributed by atoms with Crippen molar-refractivity contribution in [1.29, 1.82) is 0 Å².